The number of rotatable bonds is 5. The van der Waals surface area contributed by atoms with E-state index in [4.69, 9.17) is 11.6 Å². The van der Waals surface area contributed by atoms with Crippen molar-refractivity contribution >= 4 is 39.4 Å². The smallest absolute Gasteiger partial charge is 0.307 e. The van der Waals surface area contributed by atoms with Crippen LogP contribution in [0.1, 0.15) is 30.6 Å². The molecule has 6 heteroatoms. The van der Waals surface area contributed by atoms with Crippen molar-refractivity contribution in [3.63, 3.8) is 0 Å². The summed E-state index contributed by atoms with van der Waals surface area (Å²) in [6, 6.07) is 5.07. The van der Waals surface area contributed by atoms with E-state index in [1.54, 1.807) is 23.1 Å². The molecule has 0 fully saturated rings. The van der Waals surface area contributed by atoms with Gasteiger partial charge in [0.25, 0.3) is 5.91 Å². The summed E-state index contributed by atoms with van der Waals surface area (Å²) in [4.78, 5) is 25.4. The summed E-state index contributed by atoms with van der Waals surface area (Å²) in [5.74, 6) is -0.543. The van der Waals surface area contributed by atoms with Crippen LogP contribution >= 0.6 is 27.5 Å². The van der Waals surface area contributed by atoms with Gasteiger partial charge in [0.1, 0.15) is 0 Å². The third kappa shape index (κ3) is 4.49. The number of amides is 1. The number of carbonyl (C=O) groups excluding carboxylic acids is 2. The molecule has 1 rings (SSSR count). The Bertz CT molecular complexity index is 505. The minimum atomic E-state index is -0.344. The van der Waals surface area contributed by atoms with Crippen molar-refractivity contribution in [2.24, 2.45) is 0 Å². The molecule has 0 saturated carbocycles. The van der Waals surface area contributed by atoms with E-state index in [0.717, 1.165) is 4.47 Å². The topological polar surface area (TPSA) is 46.6 Å². The molecular formula is C14H17BrClNO3. The molecule has 0 aliphatic rings. The molecule has 4 nitrogen and oxygen atoms in total. The lowest BCUT2D eigenvalue weighted by Crippen LogP contribution is -2.38. The number of nitrogens with zero attached hydrogens (tertiary/aromatic N) is 1. The molecule has 20 heavy (non-hydrogen) atoms. The fourth-order valence-electron chi connectivity index (χ4n) is 1.72. The molecule has 1 aromatic carbocycles. The maximum Gasteiger partial charge on any atom is 0.307 e. The maximum absolute atomic E-state index is 12.5. The van der Waals surface area contributed by atoms with Crippen LogP contribution in [-0.2, 0) is 9.53 Å². The molecule has 0 atom stereocenters. The first kappa shape index (κ1) is 17.0. The van der Waals surface area contributed by atoms with Crippen LogP contribution in [0.5, 0.6) is 0 Å². The number of hydrogen-bond donors (Lipinski definition) is 0. The summed E-state index contributed by atoms with van der Waals surface area (Å²) in [5.41, 5.74) is 0.416. The highest BCUT2D eigenvalue weighted by molar-refractivity contribution is 9.10. The van der Waals surface area contributed by atoms with E-state index in [-0.39, 0.29) is 24.3 Å². The molecule has 0 aliphatic heterocycles. The summed E-state index contributed by atoms with van der Waals surface area (Å²) >= 11 is 9.39. The van der Waals surface area contributed by atoms with E-state index in [1.165, 1.54) is 7.11 Å². The standard InChI is InChI=1S/C14H17BrClNO3/c1-9(2)17(7-6-13(18)20-3)14(19)11-8-10(15)4-5-12(11)16/h4-5,8-9H,6-7H2,1-3H3. The lowest BCUT2D eigenvalue weighted by Gasteiger charge is -2.27. The van der Waals surface area contributed by atoms with Gasteiger partial charge in [0, 0.05) is 17.1 Å². The number of methoxy groups -OCH3 is 1. The van der Waals surface area contributed by atoms with E-state index in [9.17, 15) is 9.59 Å². The molecule has 1 aromatic rings. The average molecular weight is 363 g/mol. The Morgan fingerprint density at radius 2 is 2.05 bits per heavy atom. The van der Waals surface area contributed by atoms with Crippen molar-refractivity contribution in [1.82, 2.24) is 4.90 Å². The monoisotopic (exact) mass is 361 g/mol. The van der Waals surface area contributed by atoms with Crippen molar-refractivity contribution in [3.05, 3.63) is 33.3 Å². The van der Waals surface area contributed by atoms with Gasteiger partial charge in [0.2, 0.25) is 0 Å². The molecule has 0 saturated heterocycles. The first-order chi connectivity index (χ1) is 9.36. The highest BCUT2D eigenvalue weighted by atomic mass is 79.9. The van der Waals surface area contributed by atoms with Gasteiger partial charge in [0.05, 0.1) is 24.1 Å². The minimum absolute atomic E-state index is 0.0396. The summed E-state index contributed by atoms with van der Waals surface area (Å²) in [6.45, 7) is 4.08. The Kier molecular flexibility index (Phi) is 6.49. The molecular weight excluding hydrogens is 346 g/mol. The molecule has 0 bridgehead atoms. The summed E-state index contributed by atoms with van der Waals surface area (Å²) in [6.07, 6.45) is 0.159. The number of ether oxygens (including phenoxy) is 1. The fraction of sp³-hybridized carbons (Fsp3) is 0.429. The first-order valence-electron chi connectivity index (χ1n) is 6.19. The Morgan fingerprint density at radius 3 is 2.60 bits per heavy atom. The van der Waals surface area contributed by atoms with Crippen LogP contribution in [0.25, 0.3) is 0 Å². The summed E-state index contributed by atoms with van der Waals surface area (Å²) in [7, 11) is 1.33. The fourth-order valence-corrected chi connectivity index (χ4v) is 2.28. The van der Waals surface area contributed by atoms with Crippen molar-refractivity contribution in [1.29, 1.82) is 0 Å². The zero-order valence-electron chi connectivity index (χ0n) is 11.7. The number of carbonyl (C=O) groups is 2. The number of benzene rings is 1. The van der Waals surface area contributed by atoms with Crippen molar-refractivity contribution in [2.45, 2.75) is 26.3 Å². The predicted molar refractivity (Wildman–Crippen MR) is 82.0 cm³/mol. The molecule has 0 heterocycles. The Balaban J connectivity index is 2.94. The lowest BCUT2D eigenvalue weighted by atomic mass is 10.1. The van der Waals surface area contributed by atoms with Gasteiger partial charge in [-0.1, -0.05) is 27.5 Å². The molecule has 1 amide bonds. The third-order valence-electron chi connectivity index (χ3n) is 2.83. The second-order valence-corrected chi connectivity index (χ2v) is 5.87. The zero-order chi connectivity index (χ0) is 15.3. The second kappa shape index (κ2) is 7.64. The largest absolute Gasteiger partial charge is 0.469 e. The van der Waals surface area contributed by atoms with E-state index in [0.29, 0.717) is 17.1 Å². The van der Waals surface area contributed by atoms with Crippen molar-refractivity contribution < 1.29 is 14.3 Å². The predicted octanol–water partition coefficient (Wildman–Crippen LogP) is 3.52. The van der Waals surface area contributed by atoms with Crippen molar-refractivity contribution in [2.75, 3.05) is 13.7 Å². The molecule has 0 spiro atoms. The van der Waals surface area contributed by atoms with Gasteiger partial charge < -0.3 is 9.64 Å². The Labute approximate surface area is 132 Å². The van der Waals surface area contributed by atoms with Gasteiger partial charge in [-0.05, 0) is 32.0 Å². The number of esters is 1. The summed E-state index contributed by atoms with van der Waals surface area (Å²) < 4.78 is 5.38. The van der Waals surface area contributed by atoms with Crippen LogP contribution < -0.4 is 0 Å². The van der Waals surface area contributed by atoms with Crippen LogP contribution in [0.3, 0.4) is 0 Å². The van der Waals surface area contributed by atoms with Crippen LogP contribution in [0.2, 0.25) is 5.02 Å². The first-order valence-corrected chi connectivity index (χ1v) is 7.36. The van der Waals surface area contributed by atoms with Crippen LogP contribution in [0, 0.1) is 0 Å². The van der Waals surface area contributed by atoms with Gasteiger partial charge in [0.15, 0.2) is 0 Å². The van der Waals surface area contributed by atoms with Crippen molar-refractivity contribution in [3.8, 4) is 0 Å². The molecule has 0 radical (unpaired) electrons. The minimum Gasteiger partial charge on any atom is -0.469 e. The van der Waals surface area contributed by atoms with Gasteiger partial charge in [-0.2, -0.15) is 0 Å². The molecule has 0 N–H and O–H groups in total. The highest BCUT2D eigenvalue weighted by Gasteiger charge is 2.22. The Morgan fingerprint density at radius 1 is 1.40 bits per heavy atom. The zero-order valence-corrected chi connectivity index (χ0v) is 14.0. The third-order valence-corrected chi connectivity index (χ3v) is 3.65. The lowest BCUT2D eigenvalue weighted by molar-refractivity contribution is -0.140. The Hall–Kier alpha value is -1.07. The van der Waals surface area contributed by atoms with Gasteiger partial charge in [-0.25, -0.2) is 0 Å². The summed E-state index contributed by atoms with van der Waals surface area (Å²) in [5, 5.41) is 0.391. The second-order valence-electron chi connectivity index (χ2n) is 4.54. The van der Waals surface area contributed by atoms with E-state index in [1.807, 2.05) is 13.8 Å². The number of halogens is 2. The molecule has 0 unspecified atom stereocenters. The van der Waals surface area contributed by atoms with Gasteiger partial charge in [-0.15, -0.1) is 0 Å². The van der Waals surface area contributed by atoms with Gasteiger partial charge >= 0.3 is 5.97 Å². The normalized spacial score (nSPS) is 10.5. The van der Waals surface area contributed by atoms with Gasteiger partial charge in [-0.3, -0.25) is 9.59 Å². The van der Waals surface area contributed by atoms with E-state index >= 15 is 0 Å². The molecule has 0 aromatic heterocycles. The SMILES string of the molecule is COC(=O)CCN(C(=O)c1cc(Br)ccc1Cl)C(C)C. The van der Waals surface area contributed by atoms with E-state index in [2.05, 4.69) is 20.7 Å². The van der Waals surface area contributed by atoms with Crippen LogP contribution in [-0.4, -0.2) is 36.5 Å². The van der Waals surface area contributed by atoms with Crippen LogP contribution in [0.4, 0.5) is 0 Å². The highest BCUT2D eigenvalue weighted by Crippen LogP contribution is 2.23. The molecule has 110 valence electrons. The van der Waals surface area contributed by atoms with Crippen LogP contribution in [0.15, 0.2) is 22.7 Å². The maximum atomic E-state index is 12.5. The average Bonchev–Trinajstić information content (AvgIpc) is 2.40. The number of hydrogen-bond acceptors (Lipinski definition) is 3. The quantitative estimate of drug-likeness (QED) is 0.753. The van der Waals surface area contributed by atoms with E-state index < -0.39 is 0 Å². The molecule has 0 aliphatic carbocycles.